The van der Waals surface area contributed by atoms with Crippen molar-refractivity contribution in [3.8, 4) is 17.2 Å². The Hall–Kier alpha value is -3.29. The number of allylic oxidation sites excluding steroid dienone is 1. The SMILES string of the molecule is C/C=C/c1c(O)c(OC)cc2c1C(C)(NC(=O)/C=C/C(=O)OC(C)(C)C)C(=O)O2. The number of benzene rings is 1. The van der Waals surface area contributed by atoms with E-state index in [1.54, 1.807) is 39.8 Å². The Kier molecular flexibility index (Phi) is 6.06. The highest BCUT2D eigenvalue weighted by Gasteiger charge is 2.49. The molecule has 0 aromatic heterocycles. The van der Waals surface area contributed by atoms with E-state index in [-0.39, 0.29) is 28.4 Å². The number of phenols is 1. The van der Waals surface area contributed by atoms with E-state index in [4.69, 9.17) is 14.2 Å². The van der Waals surface area contributed by atoms with Gasteiger partial charge in [0.2, 0.25) is 5.91 Å². The number of rotatable bonds is 5. The predicted octanol–water partition coefficient (Wildman–Crippen LogP) is 2.58. The summed E-state index contributed by atoms with van der Waals surface area (Å²) in [6.45, 7) is 8.31. The topological polar surface area (TPSA) is 111 Å². The molecule has 1 aliphatic rings. The zero-order valence-corrected chi connectivity index (χ0v) is 17.3. The lowest BCUT2D eigenvalue weighted by Gasteiger charge is -2.24. The molecule has 29 heavy (non-hydrogen) atoms. The first-order valence-electron chi connectivity index (χ1n) is 8.95. The highest BCUT2D eigenvalue weighted by atomic mass is 16.6. The summed E-state index contributed by atoms with van der Waals surface area (Å²) in [4.78, 5) is 36.7. The second-order valence-electron chi connectivity index (χ2n) is 7.58. The van der Waals surface area contributed by atoms with Gasteiger partial charge in [-0.2, -0.15) is 0 Å². The molecule has 1 atom stereocenters. The summed E-state index contributed by atoms with van der Waals surface area (Å²) in [5.74, 6) is -2.02. The minimum atomic E-state index is -1.58. The molecule has 0 aliphatic carbocycles. The molecule has 1 aliphatic heterocycles. The Bertz CT molecular complexity index is 909. The number of nitrogens with one attached hydrogen (secondary N) is 1. The quantitative estimate of drug-likeness (QED) is 0.442. The maximum atomic E-state index is 12.6. The average molecular weight is 403 g/mol. The van der Waals surface area contributed by atoms with Crippen molar-refractivity contribution in [1.29, 1.82) is 0 Å². The average Bonchev–Trinajstić information content (AvgIpc) is 2.84. The highest BCUT2D eigenvalue weighted by molar-refractivity contribution is 6.00. The van der Waals surface area contributed by atoms with Crippen molar-refractivity contribution < 1.29 is 33.7 Å². The first-order chi connectivity index (χ1) is 13.4. The number of aromatic hydroxyl groups is 1. The molecule has 0 fully saturated rings. The third-order valence-corrected chi connectivity index (χ3v) is 4.08. The number of fused-ring (bicyclic) bond motifs is 1. The van der Waals surface area contributed by atoms with Gasteiger partial charge in [-0.15, -0.1) is 0 Å². The fraction of sp³-hybridized carbons (Fsp3) is 0.381. The second-order valence-corrected chi connectivity index (χ2v) is 7.58. The molecule has 0 saturated heterocycles. The smallest absolute Gasteiger partial charge is 0.341 e. The van der Waals surface area contributed by atoms with Crippen LogP contribution in [0.2, 0.25) is 0 Å². The minimum Gasteiger partial charge on any atom is -0.504 e. The van der Waals surface area contributed by atoms with Crippen LogP contribution in [0.5, 0.6) is 17.2 Å². The van der Waals surface area contributed by atoms with E-state index in [2.05, 4.69) is 5.32 Å². The van der Waals surface area contributed by atoms with Gasteiger partial charge >= 0.3 is 11.9 Å². The summed E-state index contributed by atoms with van der Waals surface area (Å²) in [5.41, 5.74) is -1.70. The number of amides is 1. The number of methoxy groups -OCH3 is 1. The molecule has 2 rings (SSSR count). The van der Waals surface area contributed by atoms with E-state index in [1.165, 1.54) is 20.1 Å². The van der Waals surface area contributed by atoms with Crippen molar-refractivity contribution in [2.24, 2.45) is 0 Å². The number of phenolic OH excluding ortho intramolecular Hbond substituents is 1. The second kappa shape index (κ2) is 7.98. The lowest BCUT2D eigenvalue weighted by atomic mass is 9.88. The number of carbonyl (C=O) groups excluding carboxylic acids is 3. The van der Waals surface area contributed by atoms with Gasteiger partial charge in [-0.05, 0) is 34.6 Å². The van der Waals surface area contributed by atoms with Crippen molar-refractivity contribution in [3.05, 3.63) is 35.4 Å². The molecule has 2 N–H and O–H groups in total. The standard InChI is InChI=1S/C21H25NO7/c1-7-8-12-17-13(11-14(27-6)18(12)25)28-19(26)21(17,5)22-15(23)9-10-16(24)29-20(2,3)4/h7-11,25H,1-6H3,(H,22,23)/b8-7+,10-9+. The molecular formula is C21H25NO7. The Morgan fingerprint density at radius 3 is 2.48 bits per heavy atom. The molecule has 0 saturated carbocycles. The van der Waals surface area contributed by atoms with Gasteiger partial charge in [-0.3, -0.25) is 4.79 Å². The van der Waals surface area contributed by atoms with Gasteiger partial charge in [-0.25, -0.2) is 9.59 Å². The molecule has 156 valence electrons. The normalized spacial score (nSPS) is 18.6. The van der Waals surface area contributed by atoms with Crippen LogP contribution < -0.4 is 14.8 Å². The van der Waals surface area contributed by atoms with Crippen LogP contribution in [0, 0.1) is 0 Å². The van der Waals surface area contributed by atoms with Gasteiger partial charge in [0.05, 0.1) is 7.11 Å². The van der Waals surface area contributed by atoms with Crippen LogP contribution in [0.3, 0.4) is 0 Å². The first-order valence-corrected chi connectivity index (χ1v) is 8.95. The number of hydrogen-bond donors (Lipinski definition) is 2. The van der Waals surface area contributed by atoms with Gasteiger partial charge in [0.1, 0.15) is 11.4 Å². The molecule has 1 amide bonds. The summed E-state index contributed by atoms with van der Waals surface area (Å²) in [7, 11) is 1.38. The monoisotopic (exact) mass is 403 g/mol. The third-order valence-electron chi connectivity index (χ3n) is 4.08. The Labute approximate surface area is 169 Å². The fourth-order valence-corrected chi connectivity index (χ4v) is 2.91. The van der Waals surface area contributed by atoms with Crippen LogP contribution in [0.15, 0.2) is 24.3 Å². The van der Waals surface area contributed by atoms with E-state index in [0.29, 0.717) is 0 Å². The first kappa shape index (κ1) is 22.0. The Morgan fingerprint density at radius 2 is 1.93 bits per heavy atom. The summed E-state index contributed by atoms with van der Waals surface area (Å²) in [6.07, 6.45) is 5.20. The van der Waals surface area contributed by atoms with Crippen LogP contribution in [-0.2, 0) is 24.7 Å². The lowest BCUT2D eigenvalue weighted by molar-refractivity contribution is -0.148. The number of carbonyl (C=O) groups is 3. The largest absolute Gasteiger partial charge is 0.504 e. The highest BCUT2D eigenvalue weighted by Crippen LogP contribution is 2.48. The predicted molar refractivity (Wildman–Crippen MR) is 105 cm³/mol. The lowest BCUT2D eigenvalue weighted by Crippen LogP contribution is -2.48. The van der Waals surface area contributed by atoms with Gasteiger partial charge in [-0.1, -0.05) is 12.2 Å². The zero-order chi connectivity index (χ0) is 22.0. The summed E-state index contributed by atoms with van der Waals surface area (Å²) < 4.78 is 15.5. The van der Waals surface area contributed by atoms with Gasteiger partial charge in [0.15, 0.2) is 17.0 Å². The molecule has 0 bridgehead atoms. The van der Waals surface area contributed by atoms with Crippen molar-refractivity contribution in [2.75, 3.05) is 7.11 Å². The number of hydrogen-bond acceptors (Lipinski definition) is 7. The van der Waals surface area contributed by atoms with Gasteiger partial charge < -0.3 is 24.6 Å². The molecule has 1 unspecified atom stereocenters. The minimum absolute atomic E-state index is 0.130. The Morgan fingerprint density at radius 1 is 1.28 bits per heavy atom. The van der Waals surface area contributed by atoms with E-state index in [1.807, 2.05) is 0 Å². The third kappa shape index (κ3) is 4.59. The van der Waals surface area contributed by atoms with Gasteiger partial charge in [0, 0.05) is 29.3 Å². The molecule has 0 spiro atoms. The van der Waals surface area contributed by atoms with Crippen molar-refractivity contribution in [2.45, 2.75) is 45.8 Å². The molecule has 8 heteroatoms. The van der Waals surface area contributed by atoms with E-state index < -0.39 is 29.0 Å². The van der Waals surface area contributed by atoms with Crippen LogP contribution >= 0.6 is 0 Å². The van der Waals surface area contributed by atoms with Crippen LogP contribution in [0.25, 0.3) is 6.08 Å². The van der Waals surface area contributed by atoms with Gasteiger partial charge in [0.25, 0.3) is 0 Å². The number of esters is 2. The van der Waals surface area contributed by atoms with Crippen LogP contribution in [0.4, 0.5) is 0 Å². The summed E-state index contributed by atoms with van der Waals surface area (Å²) >= 11 is 0. The van der Waals surface area contributed by atoms with Crippen molar-refractivity contribution in [3.63, 3.8) is 0 Å². The zero-order valence-electron chi connectivity index (χ0n) is 17.3. The van der Waals surface area contributed by atoms with Crippen molar-refractivity contribution in [1.82, 2.24) is 5.32 Å². The molecule has 1 aromatic carbocycles. The van der Waals surface area contributed by atoms with E-state index in [0.717, 1.165) is 12.2 Å². The molecule has 1 aromatic rings. The van der Waals surface area contributed by atoms with Crippen molar-refractivity contribution >= 4 is 23.9 Å². The summed E-state index contributed by atoms with van der Waals surface area (Å²) in [5, 5.41) is 13.0. The van der Waals surface area contributed by atoms with Crippen LogP contribution in [-0.4, -0.2) is 35.7 Å². The van der Waals surface area contributed by atoms with E-state index in [9.17, 15) is 19.5 Å². The summed E-state index contributed by atoms with van der Waals surface area (Å²) in [6, 6.07) is 1.38. The molecule has 8 nitrogen and oxygen atoms in total. The van der Waals surface area contributed by atoms with E-state index >= 15 is 0 Å². The maximum absolute atomic E-state index is 12.6. The fourth-order valence-electron chi connectivity index (χ4n) is 2.91. The molecule has 0 radical (unpaired) electrons. The molecular weight excluding hydrogens is 378 g/mol. The maximum Gasteiger partial charge on any atom is 0.341 e. The number of ether oxygens (including phenoxy) is 3. The van der Waals surface area contributed by atoms with Crippen LogP contribution in [0.1, 0.15) is 45.7 Å². The molecule has 1 heterocycles. The Balaban J connectivity index is 2.38.